The van der Waals surface area contributed by atoms with Crippen LogP contribution in [0.15, 0.2) is 41.3 Å². The number of hydrogen-bond acceptors (Lipinski definition) is 5. The lowest BCUT2D eigenvalue weighted by Crippen LogP contribution is -2.33. The van der Waals surface area contributed by atoms with Gasteiger partial charge in [0, 0.05) is 26.3 Å². The zero-order chi connectivity index (χ0) is 22.9. The van der Waals surface area contributed by atoms with Gasteiger partial charge in [0.25, 0.3) is 17.4 Å². The lowest BCUT2D eigenvalue weighted by molar-refractivity contribution is 0.0783. The van der Waals surface area contributed by atoms with Crippen molar-refractivity contribution >= 4 is 11.8 Å². The molecular formula is C24H32N4O4. The number of nitrogens with one attached hydrogen (secondary N) is 3. The van der Waals surface area contributed by atoms with E-state index >= 15 is 0 Å². The topological polar surface area (TPSA) is 104 Å². The second-order valence-electron chi connectivity index (χ2n) is 8.24. The van der Waals surface area contributed by atoms with E-state index in [1.165, 1.54) is 30.0 Å². The van der Waals surface area contributed by atoms with E-state index in [1.807, 2.05) is 24.3 Å². The van der Waals surface area contributed by atoms with Crippen LogP contribution in [0.2, 0.25) is 0 Å². The molecule has 32 heavy (non-hydrogen) atoms. The Labute approximate surface area is 188 Å². The predicted molar refractivity (Wildman–Crippen MR) is 123 cm³/mol. The summed E-state index contributed by atoms with van der Waals surface area (Å²) in [6, 6.07) is 8.75. The molecule has 0 spiro atoms. The molecule has 2 aromatic rings. The SMILES string of the molecule is COc1cccc(CN(C)C(=O)c2cc(C(=O)NCCCC3CCNCC3)c[nH]c2=O)c1. The molecule has 2 heterocycles. The molecule has 2 amide bonds. The number of aromatic amines is 1. The molecule has 3 N–H and O–H groups in total. The second kappa shape index (κ2) is 11.5. The lowest BCUT2D eigenvalue weighted by Gasteiger charge is -2.22. The monoisotopic (exact) mass is 440 g/mol. The molecule has 0 unspecified atom stereocenters. The molecule has 0 atom stereocenters. The standard InChI is InChI=1S/C24H32N4O4/c1-28(16-18-5-3-7-20(13-18)32-2)24(31)21-14-19(15-27-23(21)30)22(29)26-10-4-6-17-8-11-25-12-9-17/h3,5,7,13-15,17,25H,4,6,8-12,16H2,1-2H3,(H,26,29)(H,27,30). The van der Waals surface area contributed by atoms with Crippen LogP contribution in [-0.4, -0.2) is 55.5 Å². The summed E-state index contributed by atoms with van der Waals surface area (Å²) in [4.78, 5) is 41.6. The summed E-state index contributed by atoms with van der Waals surface area (Å²) in [6.45, 7) is 3.01. The first-order valence-electron chi connectivity index (χ1n) is 11.1. The normalized spacial score (nSPS) is 14.1. The average molecular weight is 441 g/mol. The molecule has 0 aliphatic carbocycles. The van der Waals surface area contributed by atoms with Gasteiger partial charge in [0.2, 0.25) is 0 Å². The Morgan fingerprint density at radius 2 is 2.00 bits per heavy atom. The first-order valence-corrected chi connectivity index (χ1v) is 11.1. The number of benzene rings is 1. The van der Waals surface area contributed by atoms with Crippen LogP contribution in [0.5, 0.6) is 5.75 Å². The van der Waals surface area contributed by atoms with Crippen molar-refractivity contribution in [3.05, 3.63) is 63.6 Å². The summed E-state index contributed by atoms with van der Waals surface area (Å²) < 4.78 is 5.21. The highest BCUT2D eigenvalue weighted by Gasteiger charge is 2.19. The number of nitrogens with zero attached hydrogens (tertiary/aromatic N) is 1. The molecular weight excluding hydrogens is 408 g/mol. The van der Waals surface area contributed by atoms with Crippen LogP contribution in [0.3, 0.4) is 0 Å². The third-order valence-corrected chi connectivity index (χ3v) is 5.83. The number of methoxy groups -OCH3 is 1. The minimum Gasteiger partial charge on any atom is -0.497 e. The van der Waals surface area contributed by atoms with Crippen molar-refractivity contribution in [3.63, 3.8) is 0 Å². The maximum atomic E-state index is 12.9. The van der Waals surface area contributed by atoms with E-state index in [9.17, 15) is 14.4 Å². The van der Waals surface area contributed by atoms with Gasteiger partial charge in [0.1, 0.15) is 11.3 Å². The number of carbonyl (C=O) groups excluding carboxylic acids is 2. The summed E-state index contributed by atoms with van der Waals surface area (Å²) in [5, 5.41) is 6.25. The molecule has 172 valence electrons. The number of H-pyrrole nitrogens is 1. The highest BCUT2D eigenvalue weighted by Crippen LogP contribution is 2.17. The maximum absolute atomic E-state index is 12.9. The number of ether oxygens (including phenoxy) is 1. The second-order valence-corrected chi connectivity index (χ2v) is 8.24. The summed E-state index contributed by atoms with van der Waals surface area (Å²) in [6.07, 6.45) is 5.72. The Morgan fingerprint density at radius 3 is 2.75 bits per heavy atom. The van der Waals surface area contributed by atoms with Crippen molar-refractivity contribution in [1.82, 2.24) is 20.5 Å². The molecule has 0 bridgehead atoms. The van der Waals surface area contributed by atoms with Crippen molar-refractivity contribution in [3.8, 4) is 5.75 Å². The summed E-state index contributed by atoms with van der Waals surface area (Å²) >= 11 is 0. The molecule has 1 aliphatic rings. The number of carbonyl (C=O) groups is 2. The highest BCUT2D eigenvalue weighted by atomic mass is 16.5. The van der Waals surface area contributed by atoms with Gasteiger partial charge in [-0.05, 0) is 68.5 Å². The van der Waals surface area contributed by atoms with Crippen LogP contribution in [0, 0.1) is 5.92 Å². The van der Waals surface area contributed by atoms with E-state index in [0.717, 1.165) is 31.5 Å². The average Bonchev–Trinajstić information content (AvgIpc) is 2.82. The van der Waals surface area contributed by atoms with Gasteiger partial charge in [-0.15, -0.1) is 0 Å². The van der Waals surface area contributed by atoms with Gasteiger partial charge in [-0.3, -0.25) is 14.4 Å². The van der Waals surface area contributed by atoms with Gasteiger partial charge in [-0.1, -0.05) is 12.1 Å². The Balaban J connectivity index is 1.57. The zero-order valence-corrected chi connectivity index (χ0v) is 18.8. The minimum atomic E-state index is -0.519. The van der Waals surface area contributed by atoms with Crippen LogP contribution >= 0.6 is 0 Å². The van der Waals surface area contributed by atoms with E-state index in [4.69, 9.17) is 4.74 Å². The van der Waals surface area contributed by atoms with Crippen molar-refractivity contribution in [1.29, 1.82) is 0 Å². The minimum absolute atomic E-state index is 0.0576. The Hall–Kier alpha value is -3.13. The molecule has 0 radical (unpaired) electrons. The first-order chi connectivity index (χ1) is 15.5. The van der Waals surface area contributed by atoms with E-state index in [-0.39, 0.29) is 17.0 Å². The fourth-order valence-electron chi connectivity index (χ4n) is 3.96. The molecule has 1 aliphatic heterocycles. The smallest absolute Gasteiger partial charge is 0.260 e. The summed E-state index contributed by atoms with van der Waals surface area (Å²) in [7, 11) is 3.20. The quantitative estimate of drug-likeness (QED) is 0.519. The lowest BCUT2D eigenvalue weighted by atomic mass is 9.93. The third-order valence-electron chi connectivity index (χ3n) is 5.83. The van der Waals surface area contributed by atoms with Crippen LogP contribution in [0.25, 0.3) is 0 Å². The van der Waals surface area contributed by atoms with Gasteiger partial charge >= 0.3 is 0 Å². The number of rotatable bonds is 9. The van der Waals surface area contributed by atoms with Crippen molar-refractivity contribution < 1.29 is 14.3 Å². The van der Waals surface area contributed by atoms with Crippen LogP contribution in [0.4, 0.5) is 0 Å². The summed E-state index contributed by atoms with van der Waals surface area (Å²) in [5.74, 6) is 0.663. The van der Waals surface area contributed by atoms with Crippen molar-refractivity contribution in [2.24, 2.45) is 5.92 Å². The van der Waals surface area contributed by atoms with Crippen molar-refractivity contribution in [2.45, 2.75) is 32.2 Å². The number of amides is 2. The van der Waals surface area contributed by atoms with E-state index in [1.54, 1.807) is 14.2 Å². The molecule has 8 heteroatoms. The van der Waals surface area contributed by atoms with E-state index < -0.39 is 11.5 Å². The molecule has 3 rings (SSSR count). The Morgan fingerprint density at radius 1 is 1.22 bits per heavy atom. The van der Waals surface area contributed by atoms with Gasteiger partial charge in [-0.25, -0.2) is 0 Å². The zero-order valence-electron chi connectivity index (χ0n) is 18.8. The van der Waals surface area contributed by atoms with Crippen LogP contribution < -0.4 is 20.9 Å². The maximum Gasteiger partial charge on any atom is 0.260 e. The van der Waals surface area contributed by atoms with Crippen molar-refractivity contribution in [2.75, 3.05) is 33.8 Å². The number of hydrogen-bond donors (Lipinski definition) is 3. The van der Waals surface area contributed by atoms with E-state index in [0.29, 0.717) is 24.8 Å². The Bertz CT molecular complexity index is 982. The number of aromatic nitrogens is 1. The molecule has 1 fully saturated rings. The fourth-order valence-corrected chi connectivity index (χ4v) is 3.96. The molecule has 1 saturated heterocycles. The number of piperidine rings is 1. The van der Waals surface area contributed by atoms with Gasteiger partial charge in [-0.2, -0.15) is 0 Å². The molecule has 0 saturated carbocycles. The largest absolute Gasteiger partial charge is 0.497 e. The fraction of sp³-hybridized carbons (Fsp3) is 0.458. The van der Waals surface area contributed by atoms with Gasteiger partial charge in [0.05, 0.1) is 12.7 Å². The summed E-state index contributed by atoms with van der Waals surface area (Å²) in [5.41, 5.74) is 0.566. The first kappa shape index (κ1) is 23.5. The molecule has 1 aromatic carbocycles. The van der Waals surface area contributed by atoms with E-state index in [2.05, 4.69) is 15.6 Å². The molecule has 1 aromatic heterocycles. The predicted octanol–water partition coefficient (Wildman–Crippen LogP) is 2.17. The van der Waals surface area contributed by atoms with Crippen LogP contribution in [-0.2, 0) is 6.54 Å². The van der Waals surface area contributed by atoms with Gasteiger partial charge in [0.15, 0.2) is 0 Å². The highest BCUT2D eigenvalue weighted by molar-refractivity contribution is 5.99. The van der Waals surface area contributed by atoms with Crippen LogP contribution in [0.1, 0.15) is 52.0 Å². The Kier molecular flexibility index (Phi) is 8.44. The molecule has 8 nitrogen and oxygen atoms in total. The number of pyridine rings is 1. The third kappa shape index (κ3) is 6.43. The van der Waals surface area contributed by atoms with Gasteiger partial charge < -0.3 is 25.3 Å².